The van der Waals surface area contributed by atoms with E-state index in [2.05, 4.69) is 0 Å². The van der Waals surface area contributed by atoms with Crippen molar-refractivity contribution in [2.75, 3.05) is 26.3 Å². The Morgan fingerprint density at radius 3 is 3.05 bits per heavy atom. The molecule has 1 saturated heterocycles. The molecule has 4 nitrogen and oxygen atoms in total. The second-order valence-corrected chi connectivity index (χ2v) is 4.31. The molecule has 0 aliphatic carbocycles. The molecule has 1 aliphatic heterocycles. The number of hydrogen-bond donors (Lipinski definition) is 1. The molecule has 0 spiro atoms. The van der Waals surface area contributed by atoms with Crippen molar-refractivity contribution in [1.29, 1.82) is 0 Å². The Morgan fingerprint density at radius 1 is 1.53 bits per heavy atom. The number of nitrogens with zero attached hydrogens (tertiary/aromatic N) is 1. The van der Waals surface area contributed by atoms with Gasteiger partial charge in [-0.25, -0.2) is 4.39 Å². The van der Waals surface area contributed by atoms with E-state index in [-0.39, 0.29) is 24.4 Å². The fourth-order valence-corrected chi connectivity index (χ4v) is 1.91. The van der Waals surface area contributed by atoms with Crippen molar-refractivity contribution in [2.24, 2.45) is 0 Å². The number of morpholine rings is 1. The second-order valence-electron chi connectivity index (χ2n) is 4.31. The molecule has 5 heteroatoms. The Labute approximate surface area is 111 Å². The summed E-state index contributed by atoms with van der Waals surface area (Å²) in [5.74, 6) is -0.563. The van der Waals surface area contributed by atoms with Crippen LogP contribution in [0, 0.1) is 5.82 Å². The molecule has 1 fully saturated rings. The summed E-state index contributed by atoms with van der Waals surface area (Å²) in [5.41, 5.74) is 0.378. The Hall–Kier alpha value is -1.72. The molecule has 2 rings (SSSR count). The number of aliphatic hydroxyl groups is 1. The van der Waals surface area contributed by atoms with E-state index in [1.54, 1.807) is 23.1 Å². The van der Waals surface area contributed by atoms with Gasteiger partial charge in [-0.1, -0.05) is 18.2 Å². The molecular formula is C14H16FNO3. The van der Waals surface area contributed by atoms with E-state index in [9.17, 15) is 9.18 Å². The molecule has 0 saturated carbocycles. The lowest BCUT2D eigenvalue weighted by molar-refractivity contribution is -0.134. The predicted molar refractivity (Wildman–Crippen MR) is 68.8 cm³/mol. The molecule has 1 N–H and O–H groups in total. The number of aliphatic hydroxyl groups excluding tert-OH is 1. The van der Waals surface area contributed by atoms with E-state index in [1.165, 1.54) is 18.2 Å². The summed E-state index contributed by atoms with van der Waals surface area (Å²) in [6, 6.07) is 6.27. The molecular weight excluding hydrogens is 249 g/mol. The minimum atomic E-state index is -0.359. The minimum absolute atomic E-state index is 0.110. The number of halogens is 1. The second kappa shape index (κ2) is 6.45. The molecule has 1 aromatic carbocycles. The summed E-state index contributed by atoms with van der Waals surface area (Å²) in [5, 5.41) is 9.00. The fourth-order valence-electron chi connectivity index (χ4n) is 1.91. The average Bonchev–Trinajstić information content (AvgIpc) is 2.46. The van der Waals surface area contributed by atoms with Crippen LogP contribution in [0.15, 0.2) is 30.3 Å². The molecule has 0 aromatic heterocycles. The summed E-state index contributed by atoms with van der Waals surface area (Å²) in [7, 11) is 0. The first kappa shape index (κ1) is 13.7. The Kier molecular flexibility index (Phi) is 4.65. The van der Waals surface area contributed by atoms with Crippen molar-refractivity contribution >= 4 is 12.0 Å². The van der Waals surface area contributed by atoms with Crippen LogP contribution in [-0.2, 0) is 9.53 Å². The number of ether oxygens (including phenoxy) is 1. The van der Waals surface area contributed by atoms with Crippen LogP contribution < -0.4 is 0 Å². The van der Waals surface area contributed by atoms with Crippen LogP contribution >= 0.6 is 0 Å². The number of rotatable bonds is 3. The van der Waals surface area contributed by atoms with Gasteiger partial charge in [0.25, 0.3) is 0 Å². The Balaban J connectivity index is 1.99. The zero-order chi connectivity index (χ0) is 13.7. The SMILES string of the molecule is O=C(/C=C/c1ccccc1F)N1CCOC(CO)C1. The molecule has 0 radical (unpaired) electrons. The van der Waals surface area contributed by atoms with Gasteiger partial charge in [-0.3, -0.25) is 4.79 Å². The smallest absolute Gasteiger partial charge is 0.246 e. The van der Waals surface area contributed by atoms with E-state index in [4.69, 9.17) is 9.84 Å². The summed E-state index contributed by atoms with van der Waals surface area (Å²) in [4.78, 5) is 13.5. The van der Waals surface area contributed by atoms with Gasteiger partial charge in [-0.2, -0.15) is 0 Å². The third kappa shape index (κ3) is 3.62. The van der Waals surface area contributed by atoms with Crippen molar-refractivity contribution in [3.63, 3.8) is 0 Å². The predicted octanol–water partition coefficient (Wildman–Crippen LogP) is 1.06. The molecule has 1 atom stereocenters. The monoisotopic (exact) mass is 265 g/mol. The summed E-state index contributed by atoms with van der Waals surface area (Å²) in [6.07, 6.45) is 2.47. The zero-order valence-electron chi connectivity index (χ0n) is 10.5. The van der Waals surface area contributed by atoms with Crippen LogP contribution in [0.1, 0.15) is 5.56 Å². The Bertz CT molecular complexity index is 476. The zero-order valence-corrected chi connectivity index (χ0v) is 10.5. The van der Waals surface area contributed by atoms with Crippen molar-refractivity contribution < 1.29 is 19.0 Å². The highest BCUT2D eigenvalue weighted by atomic mass is 19.1. The van der Waals surface area contributed by atoms with E-state index in [0.717, 1.165) is 0 Å². The minimum Gasteiger partial charge on any atom is -0.394 e. The first-order valence-electron chi connectivity index (χ1n) is 6.14. The maximum absolute atomic E-state index is 13.4. The highest BCUT2D eigenvalue weighted by molar-refractivity contribution is 5.91. The van der Waals surface area contributed by atoms with Gasteiger partial charge in [0.05, 0.1) is 19.3 Å². The van der Waals surface area contributed by atoms with Crippen LogP contribution in [0.3, 0.4) is 0 Å². The first-order chi connectivity index (χ1) is 9.20. The molecule has 102 valence electrons. The van der Waals surface area contributed by atoms with Crippen LogP contribution in [0.2, 0.25) is 0 Å². The van der Waals surface area contributed by atoms with Crippen LogP contribution in [0.25, 0.3) is 6.08 Å². The largest absolute Gasteiger partial charge is 0.394 e. The molecule has 1 amide bonds. The van der Waals surface area contributed by atoms with Gasteiger partial charge in [-0.05, 0) is 12.1 Å². The number of carbonyl (C=O) groups is 1. The molecule has 1 heterocycles. The summed E-state index contributed by atoms with van der Waals surface area (Å²) >= 11 is 0. The van der Waals surface area contributed by atoms with E-state index in [0.29, 0.717) is 25.3 Å². The first-order valence-corrected chi connectivity index (χ1v) is 6.14. The standard InChI is InChI=1S/C14H16FNO3/c15-13-4-2-1-3-11(13)5-6-14(18)16-7-8-19-12(9-16)10-17/h1-6,12,17H,7-10H2/b6-5+. The number of amides is 1. The highest BCUT2D eigenvalue weighted by Crippen LogP contribution is 2.10. The van der Waals surface area contributed by atoms with Crippen molar-refractivity contribution in [3.05, 3.63) is 41.7 Å². The average molecular weight is 265 g/mol. The van der Waals surface area contributed by atoms with Crippen LogP contribution in [0.5, 0.6) is 0 Å². The topological polar surface area (TPSA) is 49.8 Å². The van der Waals surface area contributed by atoms with Crippen LogP contribution in [0.4, 0.5) is 4.39 Å². The molecule has 0 bridgehead atoms. The fraction of sp³-hybridized carbons (Fsp3) is 0.357. The molecule has 1 aliphatic rings. The lowest BCUT2D eigenvalue weighted by atomic mass is 10.2. The maximum Gasteiger partial charge on any atom is 0.246 e. The van der Waals surface area contributed by atoms with Crippen molar-refractivity contribution in [2.45, 2.75) is 6.10 Å². The normalized spacial score (nSPS) is 19.9. The van der Waals surface area contributed by atoms with Gasteiger partial charge < -0.3 is 14.7 Å². The third-order valence-electron chi connectivity index (χ3n) is 2.96. The molecule has 1 aromatic rings. The van der Waals surface area contributed by atoms with E-state index in [1.807, 2.05) is 0 Å². The lowest BCUT2D eigenvalue weighted by Crippen LogP contribution is -2.46. The van der Waals surface area contributed by atoms with E-state index < -0.39 is 0 Å². The van der Waals surface area contributed by atoms with Gasteiger partial charge >= 0.3 is 0 Å². The van der Waals surface area contributed by atoms with Crippen LogP contribution in [-0.4, -0.2) is 48.3 Å². The van der Waals surface area contributed by atoms with Crippen molar-refractivity contribution in [3.8, 4) is 0 Å². The lowest BCUT2D eigenvalue weighted by Gasteiger charge is -2.31. The maximum atomic E-state index is 13.4. The highest BCUT2D eigenvalue weighted by Gasteiger charge is 2.22. The number of benzene rings is 1. The third-order valence-corrected chi connectivity index (χ3v) is 2.96. The van der Waals surface area contributed by atoms with Gasteiger partial charge in [0.15, 0.2) is 0 Å². The molecule has 19 heavy (non-hydrogen) atoms. The van der Waals surface area contributed by atoms with Gasteiger partial charge in [0.1, 0.15) is 5.82 Å². The Morgan fingerprint density at radius 2 is 2.32 bits per heavy atom. The van der Waals surface area contributed by atoms with Gasteiger partial charge in [0, 0.05) is 24.7 Å². The number of hydrogen-bond acceptors (Lipinski definition) is 3. The van der Waals surface area contributed by atoms with E-state index >= 15 is 0 Å². The number of carbonyl (C=O) groups excluding carboxylic acids is 1. The summed E-state index contributed by atoms with van der Waals surface area (Å²) in [6.45, 7) is 1.14. The van der Waals surface area contributed by atoms with Crippen molar-refractivity contribution in [1.82, 2.24) is 4.90 Å². The summed E-state index contributed by atoms with van der Waals surface area (Å²) < 4.78 is 18.6. The molecule has 1 unspecified atom stereocenters. The quantitative estimate of drug-likeness (QED) is 0.831. The van der Waals surface area contributed by atoms with Gasteiger partial charge in [-0.15, -0.1) is 0 Å². The van der Waals surface area contributed by atoms with Gasteiger partial charge in [0.2, 0.25) is 5.91 Å².